The van der Waals surface area contributed by atoms with E-state index in [4.69, 9.17) is 0 Å². The molecule has 0 spiro atoms. The minimum atomic E-state index is -1.13. The number of esters is 2. The molecule has 1 aliphatic carbocycles. The molecule has 1 atom stereocenters. The van der Waals surface area contributed by atoms with E-state index in [1.165, 1.54) is 14.2 Å². The second-order valence-electron chi connectivity index (χ2n) is 3.82. The zero-order valence-corrected chi connectivity index (χ0v) is 10.0. The molecule has 0 aromatic heterocycles. The number of allylic oxidation sites excluding steroid dienone is 1. The van der Waals surface area contributed by atoms with Crippen LogP contribution < -0.4 is 0 Å². The lowest BCUT2D eigenvalue weighted by atomic mass is 9.88. The Hall–Kier alpha value is -1.65. The quantitative estimate of drug-likeness (QED) is 0.532. The predicted molar refractivity (Wildman–Crippen MR) is 59.1 cm³/mol. The van der Waals surface area contributed by atoms with Crippen molar-refractivity contribution in [2.24, 2.45) is 5.92 Å². The van der Waals surface area contributed by atoms with Gasteiger partial charge in [0.15, 0.2) is 5.78 Å². The van der Waals surface area contributed by atoms with Crippen molar-refractivity contribution in [2.75, 3.05) is 14.2 Å². The fourth-order valence-electron chi connectivity index (χ4n) is 1.83. The molecule has 0 N–H and O–H groups in total. The average molecular weight is 240 g/mol. The maximum Gasteiger partial charge on any atom is 0.334 e. The molecule has 1 rings (SSSR count). The molecule has 17 heavy (non-hydrogen) atoms. The lowest BCUT2D eigenvalue weighted by Crippen LogP contribution is -2.31. The van der Waals surface area contributed by atoms with Gasteiger partial charge in [0, 0.05) is 6.42 Å². The van der Waals surface area contributed by atoms with Crippen LogP contribution in [0.2, 0.25) is 0 Å². The van der Waals surface area contributed by atoms with Gasteiger partial charge in [-0.2, -0.15) is 0 Å². The summed E-state index contributed by atoms with van der Waals surface area (Å²) in [6, 6.07) is 0. The van der Waals surface area contributed by atoms with Crippen LogP contribution in [-0.2, 0) is 23.9 Å². The molecule has 0 fully saturated rings. The lowest BCUT2D eigenvalue weighted by molar-refractivity contribution is -0.151. The third-order valence-electron chi connectivity index (χ3n) is 2.73. The first-order chi connectivity index (χ1) is 8.11. The molecular weight excluding hydrogens is 224 g/mol. The van der Waals surface area contributed by atoms with Crippen LogP contribution in [0.4, 0.5) is 0 Å². The van der Waals surface area contributed by atoms with Crippen molar-refractivity contribution < 1.29 is 23.9 Å². The van der Waals surface area contributed by atoms with Crippen molar-refractivity contribution in [1.29, 1.82) is 0 Å². The molecule has 94 valence electrons. The maximum atomic E-state index is 11.8. The summed E-state index contributed by atoms with van der Waals surface area (Å²) in [4.78, 5) is 35.0. The Morgan fingerprint density at radius 1 is 1.24 bits per heavy atom. The number of ether oxygens (including phenoxy) is 2. The third kappa shape index (κ3) is 3.15. The van der Waals surface area contributed by atoms with Gasteiger partial charge in [0.25, 0.3) is 0 Å². The van der Waals surface area contributed by atoms with Gasteiger partial charge in [0.2, 0.25) is 0 Å². The number of hydrogen-bond acceptors (Lipinski definition) is 5. The molecule has 0 amide bonds. The van der Waals surface area contributed by atoms with Gasteiger partial charge in [-0.1, -0.05) is 6.08 Å². The minimum Gasteiger partial charge on any atom is -0.468 e. The molecule has 0 heterocycles. The summed E-state index contributed by atoms with van der Waals surface area (Å²) in [5.41, 5.74) is 0.101. The van der Waals surface area contributed by atoms with E-state index in [9.17, 15) is 14.4 Å². The highest BCUT2D eigenvalue weighted by Crippen LogP contribution is 2.23. The van der Waals surface area contributed by atoms with E-state index in [0.29, 0.717) is 6.42 Å². The fourth-order valence-corrected chi connectivity index (χ4v) is 1.83. The Kier molecular flexibility index (Phi) is 4.87. The number of methoxy groups -OCH3 is 2. The summed E-state index contributed by atoms with van der Waals surface area (Å²) in [6.45, 7) is 0. The van der Waals surface area contributed by atoms with E-state index >= 15 is 0 Å². The summed E-state index contributed by atoms with van der Waals surface area (Å²) < 4.78 is 9.17. The van der Waals surface area contributed by atoms with Crippen molar-refractivity contribution in [3.05, 3.63) is 11.6 Å². The van der Waals surface area contributed by atoms with Gasteiger partial charge >= 0.3 is 11.9 Å². The highest BCUT2D eigenvalue weighted by Gasteiger charge is 2.35. The second-order valence-corrected chi connectivity index (χ2v) is 3.82. The van der Waals surface area contributed by atoms with Gasteiger partial charge in [-0.15, -0.1) is 0 Å². The largest absolute Gasteiger partial charge is 0.468 e. The van der Waals surface area contributed by atoms with Crippen LogP contribution in [0.15, 0.2) is 11.6 Å². The number of ketones is 1. The van der Waals surface area contributed by atoms with Crippen LogP contribution in [0.1, 0.15) is 25.7 Å². The minimum absolute atomic E-state index is 0.101. The molecular formula is C12H16O5. The summed E-state index contributed by atoms with van der Waals surface area (Å²) in [5, 5.41) is 0. The fraction of sp³-hybridized carbons (Fsp3) is 0.583. The van der Waals surface area contributed by atoms with Crippen LogP contribution in [0.3, 0.4) is 0 Å². The van der Waals surface area contributed by atoms with Crippen LogP contribution in [0, 0.1) is 5.92 Å². The normalized spacial score (nSPS) is 24.0. The molecule has 0 bridgehead atoms. The standard InChI is InChI=1S/C12H16O5/c1-16-11(14)8-6-4-3-5-7-9(13)10(8)12(15)17-2/h6,10H,3-5,7H2,1-2H3/b8-6+. The van der Waals surface area contributed by atoms with E-state index in [2.05, 4.69) is 9.47 Å². The first-order valence-electron chi connectivity index (χ1n) is 5.50. The van der Waals surface area contributed by atoms with Crippen LogP contribution in [-0.4, -0.2) is 31.9 Å². The summed E-state index contributed by atoms with van der Waals surface area (Å²) in [6.07, 6.45) is 4.08. The average Bonchev–Trinajstić information content (AvgIpc) is 2.32. The highest BCUT2D eigenvalue weighted by atomic mass is 16.5. The third-order valence-corrected chi connectivity index (χ3v) is 2.73. The Morgan fingerprint density at radius 2 is 1.94 bits per heavy atom. The predicted octanol–water partition coefficient (Wildman–Crippen LogP) is 1.02. The van der Waals surface area contributed by atoms with Crippen molar-refractivity contribution in [1.82, 2.24) is 0 Å². The second kappa shape index (κ2) is 6.18. The van der Waals surface area contributed by atoms with Crippen LogP contribution in [0.25, 0.3) is 0 Å². The molecule has 0 saturated carbocycles. The smallest absolute Gasteiger partial charge is 0.334 e. The molecule has 0 aromatic rings. The molecule has 0 aliphatic heterocycles. The van der Waals surface area contributed by atoms with Gasteiger partial charge in [0.1, 0.15) is 5.92 Å². The highest BCUT2D eigenvalue weighted by molar-refractivity contribution is 6.09. The molecule has 0 aromatic carbocycles. The van der Waals surface area contributed by atoms with E-state index in [1.54, 1.807) is 6.08 Å². The lowest BCUT2D eigenvalue weighted by Gasteiger charge is -2.17. The van der Waals surface area contributed by atoms with E-state index < -0.39 is 17.9 Å². The van der Waals surface area contributed by atoms with Crippen LogP contribution >= 0.6 is 0 Å². The number of carbonyl (C=O) groups excluding carboxylic acids is 3. The molecule has 1 unspecified atom stereocenters. The molecule has 1 aliphatic rings. The molecule has 5 nitrogen and oxygen atoms in total. The van der Waals surface area contributed by atoms with Gasteiger partial charge in [-0.05, 0) is 19.3 Å². The first-order valence-corrected chi connectivity index (χ1v) is 5.50. The Balaban J connectivity index is 3.09. The Labute approximate surface area is 99.8 Å². The van der Waals surface area contributed by atoms with Crippen molar-refractivity contribution in [3.8, 4) is 0 Å². The topological polar surface area (TPSA) is 69.7 Å². The van der Waals surface area contributed by atoms with E-state index in [-0.39, 0.29) is 17.8 Å². The maximum absolute atomic E-state index is 11.8. The van der Waals surface area contributed by atoms with Gasteiger partial charge < -0.3 is 9.47 Å². The van der Waals surface area contributed by atoms with Crippen molar-refractivity contribution in [3.63, 3.8) is 0 Å². The molecule has 5 heteroatoms. The number of hydrogen-bond donors (Lipinski definition) is 0. The number of rotatable bonds is 2. The Bertz CT molecular complexity index is 356. The van der Waals surface area contributed by atoms with E-state index in [0.717, 1.165) is 12.8 Å². The zero-order chi connectivity index (χ0) is 12.8. The van der Waals surface area contributed by atoms with E-state index in [1.807, 2.05) is 0 Å². The van der Waals surface area contributed by atoms with Gasteiger partial charge in [-0.3, -0.25) is 9.59 Å². The number of Topliss-reactive ketones (excluding diaryl/α,β-unsaturated/α-hetero) is 1. The van der Waals surface area contributed by atoms with Crippen molar-refractivity contribution >= 4 is 17.7 Å². The Morgan fingerprint density at radius 3 is 2.53 bits per heavy atom. The van der Waals surface area contributed by atoms with Gasteiger partial charge in [0.05, 0.1) is 19.8 Å². The SMILES string of the molecule is COC(=O)/C1=C/CCCCC(=O)C1C(=O)OC. The van der Waals surface area contributed by atoms with Gasteiger partial charge in [-0.25, -0.2) is 4.79 Å². The summed E-state index contributed by atoms with van der Waals surface area (Å²) >= 11 is 0. The summed E-state index contributed by atoms with van der Waals surface area (Å²) in [7, 11) is 2.42. The summed E-state index contributed by atoms with van der Waals surface area (Å²) in [5.74, 6) is -2.76. The zero-order valence-electron chi connectivity index (χ0n) is 10.0. The van der Waals surface area contributed by atoms with Crippen LogP contribution in [0.5, 0.6) is 0 Å². The molecule has 0 radical (unpaired) electrons. The molecule has 0 saturated heterocycles. The monoisotopic (exact) mass is 240 g/mol. The number of carbonyl (C=O) groups is 3. The van der Waals surface area contributed by atoms with Crippen molar-refractivity contribution in [2.45, 2.75) is 25.7 Å². The first kappa shape index (κ1) is 13.4.